The Kier molecular flexibility index (Phi) is 11.8. The summed E-state index contributed by atoms with van der Waals surface area (Å²) in [6.07, 6.45) is 8.56. The maximum absolute atomic E-state index is 13.3. The molecule has 0 spiro atoms. The van der Waals surface area contributed by atoms with E-state index < -0.39 is 12.0 Å². The lowest BCUT2D eigenvalue weighted by Crippen LogP contribution is -2.42. The summed E-state index contributed by atoms with van der Waals surface area (Å²) in [5, 5.41) is 40.8. The Hall–Kier alpha value is -5.25. The Morgan fingerprint density at radius 3 is 2.51 bits per heavy atom. The fraction of sp³-hybridized carbons (Fsp3) is 0.541. The second-order valence-electron chi connectivity index (χ2n) is 15.1. The van der Waals surface area contributed by atoms with Gasteiger partial charge in [-0.15, -0.1) is 25.5 Å². The van der Waals surface area contributed by atoms with Crippen LogP contribution >= 0.6 is 0 Å². The zero-order valence-electron chi connectivity index (χ0n) is 31.5. The molecule has 16 nitrogen and oxygen atoms in total. The molecule has 16 heteroatoms. The molecule has 5 aromatic rings. The fourth-order valence-electron chi connectivity index (χ4n) is 6.52. The molecule has 3 N–H and O–H groups in total. The summed E-state index contributed by atoms with van der Waals surface area (Å²) < 4.78 is 9.69. The molecule has 282 valence electrons. The van der Waals surface area contributed by atoms with Crippen LogP contribution in [0.4, 0.5) is 5.82 Å². The Bertz CT molecular complexity index is 1980. The number of hydrogen-bond acceptors (Lipinski definition) is 12. The highest BCUT2D eigenvalue weighted by molar-refractivity contribution is 5.86. The van der Waals surface area contributed by atoms with Crippen molar-refractivity contribution in [2.45, 2.75) is 91.3 Å². The van der Waals surface area contributed by atoms with Crippen molar-refractivity contribution in [3.05, 3.63) is 65.7 Å². The number of aromatic nitrogens is 10. The zero-order chi connectivity index (χ0) is 37.5. The van der Waals surface area contributed by atoms with E-state index in [1.807, 2.05) is 61.8 Å². The molecule has 1 saturated carbocycles. The van der Waals surface area contributed by atoms with E-state index in [2.05, 4.69) is 71.4 Å². The molecule has 1 fully saturated rings. The Morgan fingerprint density at radius 2 is 1.79 bits per heavy atom. The second kappa shape index (κ2) is 16.6. The molecule has 1 amide bonds. The first-order valence-corrected chi connectivity index (χ1v) is 18.5. The number of amides is 1. The van der Waals surface area contributed by atoms with Gasteiger partial charge in [-0.05, 0) is 62.5 Å². The van der Waals surface area contributed by atoms with Crippen LogP contribution in [0.15, 0.2) is 48.8 Å². The average Bonchev–Trinajstić information content (AvgIpc) is 3.87. The van der Waals surface area contributed by atoms with E-state index in [1.165, 1.54) is 42.8 Å². The first kappa shape index (κ1) is 37.5. The minimum Gasteiger partial charge on any atom is -0.464 e. The summed E-state index contributed by atoms with van der Waals surface area (Å²) in [5.41, 5.74) is 3.89. The van der Waals surface area contributed by atoms with E-state index in [0.717, 1.165) is 61.0 Å². The van der Waals surface area contributed by atoms with Crippen molar-refractivity contribution in [1.82, 2.24) is 60.4 Å². The van der Waals surface area contributed by atoms with Gasteiger partial charge in [0.1, 0.15) is 6.04 Å². The third-order valence-electron chi connectivity index (χ3n) is 9.65. The number of carbonyl (C=O) groups is 2. The van der Waals surface area contributed by atoms with Crippen molar-refractivity contribution in [1.29, 1.82) is 0 Å². The van der Waals surface area contributed by atoms with Crippen molar-refractivity contribution < 1.29 is 14.3 Å². The van der Waals surface area contributed by atoms with Crippen LogP contribution in [0.1, 0.15) is 94.0 Å². The van der Waals surface area contributed by atoms with Crippen molar-refractivity contribution in [3.63, 3.8) is 0 Å². The quantitative estimate of drug-likeness (QED) is 0.0870. The van der Waals surface area contributed by atoms with Gasteiger partial charge < -0.3 is 20.7 Å². The highest BCUT2D eigenvalue weighted by atomic mass is 16.5. The molecule has 1 aliphatic carbocycles. The smallest absolute Gasteiger partial charge is 0.360 e. The van der Waals surface area contributed by atoms with E-state index in [-0.39, 0.29) is 29.0 Å². The molecule has 53 heavy (non-hydrogen) atoms. The lowest BCUT2D eigenvalue weighted by atomic mass is 9.80. The predicted molar refractivity (Wildman–Crippen MR) is 199 cm³/mol. The molecule has 0 unspecified atom stereocenters. The highest BCUT2D eigenvalue weighted by Crippen LogP contribution is 2.40. The number of nitrogens with one attached hydrogen (secondary N) is 3. The third kappa shape index (κ3) is 9.22. The van der Waals surface area contributed by atoms with Gasteiger partial charge in [-0.3, -0.25) is 4.79 Å². The van der Waals surface area contributed by atoms with Crippen LogP contribution in [0.2, 0.25) is 0 Å². The number of rotatable bonds is 18. The number of anilines is 1. The van der Waals surface area contributed by atoms with Crippen molar-refractivity contribution >= 4 is 23.3 Å². The van der Waals surface area contributed by atoms with Crippen LogP contribution in [-0.4, -0.2) is 94.5 Å². The minimum atomic E-state index is -0.561. The van der Waals surface area contributed by atoms with Crippen LogP contribution < -0.4 is 16.0 Å². The molecule has 0 bridgehead atoms. The minimum absolute atomic E-state index is 0.0176. The number of fused-ring (bicyclic) bond motifs is 1. The summed E-state index contributed by atoms with van der Waals surface area (Å²) in [5.74, 6) is 1.39. The van der Waals surface area contributed by atoms with Gasteiger partial charge in [-0.25, -0.2) is 14.2 Å². The van der Waals surface area contributed by atoms with Gasteiger partial charge in [-0.2, -0.15) is 4.52 Å². The maximum Gasteiger partial charge on any atom is 0.360 e. The number of esters is 1. The summed E-state index contributed by atoms with van der Waals surface area (Å²) >= 11 is 0. The second-order valence-corrected chi connectivity index (χ2v) is 15.1. The maximum atomic E-state index is 13.3. The molecule has 4 heterocycles. The number of carbonyl (C=O) groups excluding carboxylic acids is 2. The van der Waals surface area contributed by atoms with E-state index in [0.29, 0.717) is 12.5 Å². The molecule has 0 radical (unpaired) electrons. The van der Waals surface area contributed by atoms with Crippen molar-refractivity contribution in [3.8, 4) is 11.4 Å². The molecule has 2 atom stereocenters. The summed E-state index contributed by atoms with van der Waals surface area (Å²) in [6.45, 7) is 13.1. The van der Waals surface area contributed by atoms with Gasteiger partial charge in [0.2, 0.25) is 5.91 Å². The Balaban J connectivity index is 0.978. The number of hydrogen-bond donors (Lipinski definition) is 3. The van der Waals surface area contributed by atoms with E-state index in [9.17, 15) is 9.59 Å². The molecule has 0 saturated heterocycles. The summed E-state index contributed by atoms with van der Waals surface area (Å²) in [7, 11) is 1.29. The Morgan fingerprint density at radius 1 is 1.00 bits per heavy atom. The Labute approximate surface area is 309 Å². The molecular formula is C37H51N13O3. The lowest BCUT2D eigenvalue weighted by molar-refractivity contribution is -0.126. The molecule has 0 aliphatic heterocycles. The monoisotopic (exact) mass is 725 g/mol. The van der Waals surface area contributed by atoms with Gasteiger partial charge >= 0.3 is 5.97 Å². The zero-order valence-corrected chi connectivity index (χ0v) is 31.5. The number of ether oxygens (including phenoxy) is 1. The SMILES string of the molecule is COC(=O)c1cn(C[C@H](C)NC(=O)[C@H](C(C)C)n2cc(CCCNCC(C)(C)CNc3nn4c(-c5ccccc5)nnc4cc3C3CCC3)nn2)nn1. The van der Waals surface area contributed by atoms with Gasteiger partial charge in [0.05, 0.1) is 25.5 Å². The van der Waals surface area contributed by atoms with Crippen LogP contribution in [0.25, 0.3) is 17.0 Å². The predicted octanol–water partition coefficient (Wildman–Crippen LogP) is 4.09. The van der Waals surface area contributed by atoms with Crippen molar-refractivity contribution in [2.24, 2.45) is 11.3 Å². The molecule has 4 aromatic heterocycles. The van der Waals surface area contributed by atoms with Crippen LogP contribution in [0.3, 0.4) is 0 Å². The molecule has 6 rings (SSSR count). The first-order valence-electron chi connectivity index (χ1n) is 18.5. The largest absolute Gasteiger partial charge is 0.464 e. The molecular weight excluding hydrogens is 674 g/mol. The molecule has 1 aliphatic rings. The van der Waals surface area contributed by atoms with E-state index in [1.54, 1.807) is 4.68 Å². The van der Waals surface area contributed by atoms with Gasteiger partial charge in [0.25, 0.3) is 0 Å². The van der Waals surface area contributed by atoms with Crippen LogP contribution in [-0.2, 0) is 22.5 Å². The van der Waals surface area contributed by atoms with Crippen molar-refractivity contribution in [2.75, 3.05) is 32.1 Å². The summed E-state index contributed by atoms with van der Waals surface area (Å²) in [4.78, 5) is 25.0. The third-order valence-corrected chi connectivity index (χ3v) is 9.65. The fourth-order valence-corrected chi connectivity index (χ4v) is 6.52. The van der Waals surface area contributed by atoms with Gasteiger partial charge in [0.15, 0.2) is 23.0 Å². The van der Waals surface area contributed by atoms with Gasteiger partial charge in [0, 0.05) is 36.5 Å². The summed E-state index contributed by atoms with van der Waals surface area (Å²) in [6, 6.07) is 11.4. The van der Waals surface area contributed by atoms with Gasteiger partial charge in [-0.1, -0.05) is 74.9 Å². The van der Waals surface area contributed by atoms with E-state index in [4.69, 9.17) is 5.10 Å². The standard InChI is InChI=1S/C37H51N13O3/c1-24(2)32(35(51)40-25(3)19-48-21-30(42-46-48)36(52)53-6)49-20-28(41-47-49)16-11-17-38-22-37(4,5)23-39-33-29(26-14-10-15-26)18-31-43-44-34(50(31)45-33)27-12-8-7-9-13-27/h7-9,12-13,18,20-21,24-26,32,38H,10-11,14-17,19,22-23H2,1-6H3,(H,39,45)(H,40,51)/t25-,32-/m0/s1. The van der Waals surface area contributed by atoms with Crippen LogP contribution in [0, 0.1) is 11.3 Å². The van der Waals surface area contributed by atoms with E-state index >= 15 is 0 Å². The first-order chi connectivity index (χ1) is 25.5. The molecule has 1 aromatic carbocycles. The average molecular weight is 726 g/mol. The topological polar surface area (TPSA) is 184 Å². The highest BCUT2D eigenvalue weighted by Gasteiger charge is 2.28. The number of benzene rings is 1. The van der Waals surface area contributed by atoms with Crippen LogP contribution in [0.5, 0.6) is 0 Å². The lowest BCUT2D eigenvalue weighted by Gasteiger charge is -2.30. The number of methoxy groups -OCH3 is 1. The number of aryl methyl sites for hydroxylation is 1. The number of nitrogens with zero attached hydrogens (tertiary/aromatic N) is 10. The normalized spacial score (nSPS) is 14.6.